The summed E-state index contributed by atoms with van der Waals surface area (Å²) in [6, 6.07) is 6.13. The number of aliphatic hydroxyl groups excluding tert-OH is 2. The van der Waals surface area contributed by atoms with Gasteiger partial charge < -0.3 is 35.7 Å². The zero-order chi connectivity index (χ0) is 25.3. The molecule has 3 aliphatic carbocycles. The fourth-order valence-electron chi connectivity index (χ4n) is 9.25. The number of fused-ring (bicyclic) bond motifs is 2. The molecule has 4 fully saturated rings. The van der Waals surface area contributed by atoms with Gasteiger partial charge in [-0.1, -0.05) is 19.1 Å². The van der Waals surface area contributed by atoms with Crippen molar-refractivity contribution in [1.82, 2.24) is 14.9 Å². The highest BCUT2D eigenvalue weighted by molar-refractivity contribution is 5.84. The number of anilines is 1. The van der Waals surface area contributed by atoms with Crippen molar-refractivity contribution in [2.24, 2.45) is 17.3 Å². The third kappa shape index (κ3) is 2.69. The lowest BCUT2D eigenvalue weighted by Gasteiger charge is -2.65. The second-order valence-electron chi connectivity index (χ2n) is 12.8. The number of aromatic amines is 1. The molecule has 6 N–H and O–H groups in total. The maximum atomic E-state index is 12.3. The minimum absolute atomic E-state index is 0.127. The van der Waals surface area contributed by atoms with E-state index >= 15 is 0 Å². The van der Waals surface area contributed by atoms with Crippen molar-refractivity contribution in [2.75, 3.05) is 19.8 Å². The van der Waals surface area contributed by atoms with E-state index in [1.807, 2.05) is 25.1 Å². The molecule has 2 bridgehead atoms. The van der Waals surface area contributed by atoms with Gasteiger partial charge in [0.25, 0.3) is 0 Å². The molecule has 2 saturated carbocycles. The molecule has 9 unspecified atom stereocenters. The molecule has 36 heavy (non-hydrogen) atoms. The summed E-state index contributed by atoms with van der Waals surface area (Å²) in [7, 11) is 3.91. The molecule has 8 heteroatoms. The highest BCUT2D eigenvalue weighted by Gasteiger charge is 2.76. The van der Waals surface area contributed by atoms with Crippen LogP contribution >= 0.6 is 0 Å². The van der Waals surface area contributed by atoms with Crippen molar-refractivity contribution in [2.45, 2.75) is 86.9 Å². The van der Waals surface area contributed by atoms with E-state index in [1.54, 1.807) is 0 Å². The summed E-state index contributed by atoms with van der Waals surface area (Å²) < 4.78 is 7.21. The highest BCUT2D eigenvalue weighted by atomic mass is 16.6. The van der Waals surface area contributed by atoms with Crippen LogP contribution in [0.5, 0.6) is 0 Å². The number of benzene rings is 1. The Hall–Kier alpha value is -1.97. The maximum absolute atomic E-state index is 12.3. The molecule has 2 aliphatic heterocycles. The number of rotatable bonds is 2. The summed E-state index contributed by atoms with van der Waals surface area (Å²) in [5.74, 6) is 0.324. The number of nitrogens with one attached hydrogen (secondary N) is 1. The van der Waals surface area contributed by atoms with E-state index in [0.717, 1.165) is 36.7 Å². The number of H-pyrrole nitrogens is 1. The Kier molecular flexibility index (Phi) is 4.58. The molecular weight excluding hydrogens is 456 g/mol. The fraction of sp³-hybridized carbons (Fsp3) is 0.679. The average Bonchev–Trinajstić information content (AvgIpc) is 3.49. The zero-order valence-corrected chi connectivity index (χ0v) is 21.4. The number of aromatic nitrogens is 2. The number of nitrogens with zero attached hydrogens (tertiary/aromatic N) is 2. The van der Waals surface area contributed by atoms with E-state index in [2.05, 4.69) is 35.1 Å². The Morgan fingerprint density at radius 2 is 1.92 bits per heavy atom. The van der Waals surface area contributed by atoms with E-state index in [1.165, 1.54) is 11.1 Å². The first-order chi connectivity index (χ1) is 17.0. The van der Waals surface area contributed by atoms with Crippen LogP contribution in [0.4, 0.5) is 5.95 Å². The number of nitrogen functional groups attached to an aromatic ring is 1. The molecule has 0 amide bonds. The molecule has 8 nitrogen and oxygen atoms in total. The van der Waals surface area contributed by atoms with Crippen molar-refractivity contribution in [3.05, 3.63) is 29.8 Å². The van der Waals surface area contributed by atoms with E-state index in [0.29, 0.717) is 25.2 Å². The number of hydrogen-bond donors (Lipinski definition) is 5. The van der Waals surface area contributed by atoms with E-state index in [4.69, 9.17) is 10.5 Å². The van der Waals surface area contributed by atoms with E-state index in [-0.39, 0.29) is 23.3 Å². The van der Waals surface area contributed by atoms with Gasteiger partial charge in [-0.05, 0) is 87.7 Å². The summed E-state index contributed by atoms with van der Waals surface area (Å²) in [5.41, 5.74) is 7.90. The Labute approximate surface area is 211 Å². The maximum Gasteiger partial charge on any atom is 0.198 e. The molecule has 1 aromatic carbocycles. The predicted molar refractivity (Wildman–Crippen MR) is 137 cm³/mol. The van der Waals surface area contributed by atoms with Crippen molar-refractivity contribution in [1.29, 1.82) is 0 Å². The first kappa shape index (κ1) is 23.2. The number of imidazole rings is 1. The molecule has 2 spiro atoms. The molecule has 3 heterocycles. The fourth-order valence-corrected chi connectivity index (χ4v) is 9.25. The van der Waals surface area contributed by atoms with Gasteiger partial charge in [-0.15, -0.1) is 0 Å². The Morgan fingerprint density at radius 3 is 2.69 bits per heavy atom. The third-order valence-corrected chi connectivity index (χ3v) is 11.1. The second-order valence-corrected chi connectivity index (χ2v) is 12.8. The number of ether oxygens (including phenoxy) is 1. The Morgan fingerprint density at radius 1 is 1.11 bits per heavy atom. The number of nitrogens with two attached hydrogens (primary N) is 1. The van der Waals surface area contributed by atoms with Crippen molar-refractivity contribution in [3.63, 3.8) is 0 Å². The molecule has 194 valence electrons. The molecule has 5 aliphatic rings. The third-order valence-electron chi connectivity index (χ3n) is 11.1. The van der Waals surface area contributed by atoms with Gasteiger partial charge in [-0.25, -0.2) is 4.98 Å². The van der Waals surface area contributed by atoms with Crippen molar-refractivity contribution in [3.8, 4) is 0 Å². The quantitative estimate of drug-likeness (QED) is 0.434. The van der Waals surface area contributed by atoms with Crippen LogP contribution in [0.3, 0.4) is 0 Å². The van der Waals surface area contributed by atoms with Gasteiger partial charge in [0.05, 0.1) is 34.4 Å². The molecule has 2 aromatic rings. The lowest BCUT2D eigenvalue weighted by Crippen LogP contribution is -2.73. The van der Waals surface area contributed by atoms with Crippen LogP contribution in [0.25, 0.3) is 16.6 Å². The first-order valence-electron chi connectivity index (χ1n) is 13.4. The highest BCUT2D eigenvalue weighted by Crippen LogP contribution is 2.71. The minimum Gasteiger partial charge on any atom is -0.390 e. The Bertz CT molecular complexity index is 1280. The predicted octanol–water partition coefficient (Wildman–Crippen LogP) is 2.44. The molecule has 2 saturated heterocycles. The first-order valence-corrected chi connectivity index (χ1v) is 13.4. The van der Waals surface area contributed by atoms with Crippen LogP contribution in [0.15, 0.2) is 24.3 Å². The molecule has 0 radical (unpaired) electrons. The van der Waals surface area contributed by atoms with E-state index < -0.39 is 29.0 Å². The van der Waals surface area contributed by atoms with Gasteiger partial charge in [0.15, 0.2) is 5.95 Å². The lowest BCUT2D eigenvalue weighted by molar-refractivity contribution is -0.331. The van der Waals surface area contributed by atoms with Crippen molar-refractivity contribution < 1.29 is 20.1 Å². The van der Waals surface area contributed by atoms with Crippen LogP contribution in [0, 0.1) is 17.3 Å². The summed E-state index contributed by atoms with van der Waals surface area (Å²) >= 11 is 0. The van der Waals surface area contributed by atoms with Gasteiger partial charge >= 0.3 is 0 Å². The average molecular weight is 495 g/mol. The van der Waals surface area contributed by atoms with Crippen molar-refractivity contribution >= 4 is 22.6 Å². The molecular formula is C28H38N4O4. The summed E-state index contributed by atoms with van der Waals surface area (Å²) in [4.78, 5) is 9.52. The number of likely N-dealkylation sites (N-methyl/N-ethyl adjacent to an activating group) is 1. The van der Waals surface area contributed by atoms with Gasteiger partial charge in [0, 0.05) is 17.9 Å². The largest absolute Gasteiger partial charge is 0.390 e. The summed E-state index contributed by atoms with van der Waals surface area (Å²) in [6.07, 6.45) is 5.75. The number of aliphatic hydroxyl groups is 3. The second kappa shape index (κ2) is 7.11. The van der Waals surface area contributed by atoms with Crippen LogP contribution in [-0.2, 0) is 4.74 Å². The van der Waals surface area contributed by atoms with Crippen LogP contribution < -0.4 is 5.73 Å². The van der Waals surface area contributed by atoms with Crippen LogP contribution in [0.1, 0.15) is 57.4 Å². The van der Waals surface area contributed by atoms with Gasteiger partial charge in [0.2, 0.25) is 0 Å². The number of hydrogen-bond acceptors (Lipinski definition) is 7. The van der Waals surface area contributed by atoms with Gasteiger partial charge in [-0.3, -0.25) is 0 Å². The summed E-state index contributed by atoms with van der Waals surface area (Å²) in [5, 5.41) is 34.4. The smallest absolute Gasteiger partial charge is 0.198 e. The SMILES string of the molecule is CN(C)C1CC23CCC4(O2)C2CC=C(c5ccc6nc(N)[nH]c6c5)C2(C)CCC4(O)CC3C(O)C1O. The monoisotopic (exact) mass is 494 g/mol. The minimum atomic E-state index is -1.00. The molecule has 9 atom stereocenters. The van der Waals surface area contributed by atoms with Gasteiger partial charge in [-0.2, -0.15) is 0 Å². The summed E-state index contributed by atoms with van der Waals surface area (Å²) in [6.45, 7) is 2.35. The standard InChI is InChI=1S/C28H38N4O4/c1-25-8-10-27(35)13-17-22(33)23(34)20(32(2)3)14-26(17)9-11-28(27,36-26)21(25)7-5-16(25)15-4-6-18-19(12-15)31-24(29)30-18/h4-6,12,17,20-23,33-35H,7-11,13-14H2,1-3H3,(H3,29,30,31). The molecule has 1 aromatic heterocycles. The lowest BCUT2D eigenvalue weighted by atomic mass is 9.51. The number of allylic oxidation sites excluding steroid dienone is 2. The Balaban J connectivity index is 1.27. The topological polar surface area (TPSA) is 128 Å². The van der Waals surface area contributed by atoms with Gasteiger partial charge in [0.1, 0.15) is 5.60 Å². The normalized spacial score (nSPS) is 47.5. The van der Waals surface area contributed by atoms with Crippen LogP contribution in [-0.4, -0.2) is 79.3 Å². The molecule has 7 rings (SSSR count). The van der Waals surface area contributed by atoms with Crippen LogP contribution in [0.2, 0.25) is 0 Å². The van der Waals surface area contributed by atoms with E-state index in [9.17, 15) is 15.3 Å². The zero-order valence-electron chi connectivity index (χ0n) is 21.4.